The Hall–Kier alpha value is -1.75. The molecular formula is C15H15BrFNO2. The van der Waals surface area contributed by atoms with Crippen molar-refractivity contribution in [1.82, 2.24) is 0 Å². The van der Waals surface area contributed by atoms with Gasteiger partial charge in [-0.3, -0.25) is 0 Å². The monoisotopic (exact) mass is 339 g/mol. The molecule has 1 N–H and O–H groups in total. The fourth-order valence-corrected chi connectivity index (χ4v) is 2.23. The summed E-state index contributed by atoms with van der Waals surface area (Å²) >= 11 is 3.25. The summed E-state index contributed by atoms with van der Waals surface area (Å²) in [5.74, 6) is 1.16. The number of hydrogen-bond donors (Lipinski definition) is 1. The lowest BCUT2D eigenvalue weighted by atomic mass is 10.2. The van der Waals surface area contributed by atoms with E-state index in [0.717, 1.165) is 17.0 Å². The fourth-order valence-electron chi connectivity index (χ4n) is 1.83. The van der Waals surface area contributed by atoms with Crippen molar-refractivity contribution in [3.05, 3.63) is 52.3 Å². The molecule has 2 aromatic rings. The van der Waals surface area contributed by atoms with Crippen LogP contribution < -0.4 is 14.8 Å². The number of halogens is 2. The molecule has 20 heavy (non-hydrogen) atoms. The standard InChI is InChI=1S/C15H15BrFNO2/c1-19-11-6-7-14(20-2)13(8-11)18-9-10-4-3-5-12(17)15(10)16/h3-8,18H,9H2,1-2H3. The van der Waals surface area contributed by atoms with Gasteiger partial charge in [0.05, 0.1) is 24.4 Å². The molecule has 0 saturated carbocycles. The first-order valence-electron chi connectivity index (χ1n) is 6.04. The van der Waals surface area contributed by atoms with Crippen molar-refractivity contribution in [3.63, 3.8) is 0 Å². The maximum Gasteiger partial charge on any atom is 0.142 e. The van der Waals surface area contributed by atoms with Gasteiger partial charge in [-0.05, 0) is 39.7 Å². The van der Waals surface area contributed by atoms with Crippen LogP contribution in [0.25, 0.3) is 0 Å². The lowest BCUT2D eigenvalue weighted by molar-refractivity contribution is 0.404. The minimum atomic E-state index is -0.276. The maximum atomic E-state index is 13.4. The highest BCUT2D eigenvalue weighted by Gasteiger charge is 2.08. The minimum Gasteiger partial charge on any atom is -0.497 e. The van der Waals surface area contributed by atoms with Crippen molar-refractivity contribution >= 4 is 21.6 Å². The zero-order valence-electron chi connectivity index (χ0n) is 11.2. The molecule has 106 valence electrons. The van der Waals surface area contributed by atoms with E-state index >= 15 is 0 Å². The number of methoxy groups -OCH3 is 2. The van der Waals surface area contributed by atoms with E-state index < -0.39 is 0 Å². The van der Waals surface area contributed by atoms with Crippen LogP contribution in [0.3, 0.4) is 0 Å². The molecule has 0 saturated heterocycles. The van der Waals surface area contributed by atoms with Crippen molar-refractivity contribution in [2.45, 2.75) is 6.54 Å². The topological polar surface area (TPSA) is 30.5 Å². The molecule has 0 amide bonds. The summed E-state index contributed by atoms with van der Waals surface area (Å²) in [7, 11) is 3.21. The maximum absolute atomic E-state index is 13.4. The van der Waals surface area contributed by atoms with Crippen LogP contribution in [-0.4, -0.2) is 14.2 Å². The smallest absolute Gasteiger partial charge is 0.142 e. The second kappa shape index (κ2) is 6.61. The van der Waals surface area contributed by atoms with E-state index in [4.69, 9.17) is 9.47 Å². The van der Waals surface area contributed by atoms with Gasteiger partial charge < -0.3 is 14.8 Å². The molecule has 0 aliphatic heterocycles. The lowest BCUT2D eigenvalue weighted by Crippen LogP contribution is -2.03. The SMILES string of the molecule is COc1ccc(OC)c(NCc2cccc(F)c2Br)c1. The summed E-state index contributed by atoms with van der Waals surface area (Å²) in [6.07, 6.45) is 0. The van der Waals surface area contributed by atoms with Crippen molar-refractivity contribution in [1.29, 1.82) is 0 Å². The third-order valence-corrected chi connectivity index (χ3v) is 3.80. The first kappa shape index (κ1) is 14.7. The summed E-state index contributed by atoms with van der Waals surface area (Å²) in [4.78, 5) is 0. The Morgan fingerprint density at radius 1 is 1.15 bits per heavy atom. The number of rotatable bonds is 5. The number of anilines is 1. The molecule has 0 aliphatic carbocycles. The van der Waals surface area contributed by atoms with Crippen LogP contribution in [0.15, 0.2) is 40.9 Å². The number of nitrogens with one attached hydrogen (secondary N) is 1. The van der Waals surface area contributed by atoms with Gasteiger partial charge in [0.2, 0.25) is 0 Å². The molecule has 0 radical (unpaired) electrons. The van der Waals surface area contributed by atoms with Gasteiger partial charge in [-0.15, -0.1) is 0 Å². The van der Waals surface area contributed by atoms with Gasteiger partial charge in [0, 0.05) is 12.6 Å². The highest BCUT2D eigenvalue weighted by Crippen LogP contribution is 2.30. The predicted octanol–water partition coefficient (Wildman–Crippen LogP) is 4.22. The zero-order valence-corrected chi connectivity index (χ0v) is 12.8. The van der Waals surface area contributed by atoms with Gasteiger partial charge in [0.1, 0.15) is 17.3 Å². The molecule has 0 atom stereocenters. The Bertz CT molecular complexity index is 604. The highest BCUT2D eigenvalue weighted by atomic mass is 79.9. The molecule has 0 fully saturated rings. The van der Waals surface area contributed by atoms with Crippen LogP contribution in [0.2, 0.25) is 0 Å². The third kappa shape index (κ3) is 3.22. The Labute approximate surface area is 125 Å². The summed E-state index contributed by atoms with van der Waals surface area (Å²) in [6, 6.07) is 10.4. The molecule has 2 aromatic carbocycles. The van der Waals surface area contributed by atoms with E-state index in [1.54, 1.807) is 20.3 Å². The Morgan fingerprint density at radius 3 is 2.65 bits per heavy atom. The number of ether oxygens (including phenoxy) is 2. The van der Waals surface area contributed by atoms with E-state index in [2.05, 4.69) is 21.2 Å². The van der Waals surface area contributed by atoms with Gasteiger partial charge in [0.25, 0.3) is 0 Å². The average Bonchev–Trinajstić information content (AvgIpc) is 2.48. The lowest BCUT2D eigenvalue weighted by Gasteiger charge is -2.13. The minimum absolute atomic E-state index is 0.276. The van der Waals surface area contributed by atoms with Crippen molar-refractivity contribution in [2.24, 2.45) is 0 Å². The molecule has 0 aliphatic rings. The average molecular weight is 340 g/mol. The predicted molar refractivity (Wildman–Crippen MR) is 81.0 cm³/mol. The summed E-state index contributed by atoms with van der Waals surface area (Å²) in [6.45, 7) is 0.474. The first-order chi connectivity index (χ1) is 9.65. The second-order valence-electron chi connectivity index (χ2n) is 4.13. The Morgan fingerprint density at radius 2 is 1.95 bits per heavy atom. The van der Waals surface area contributed by atoms with Crippen LogP contribution in [0.5, 0.6) is 11.5 Å². The molecule has 0 heterocycles. The second-order valence-corrected chi connectivity index (χ2v) is 4.93. The Balaban J connectivity index is 2.19. The van der Waals surface area contributed by atoms with Gasteiger partial charge in [-0.2, -0.15) is 0 Å². The highest BCUT2D eigenvalue weighted by molar-refractivity contribution is 9.10. The number of benzene rings is 2. The fraction of sp³-hybridized carbons (Fsp3) is 0.200. The molecule has 2 rings (SSSR count). The van der Waals surface area contributed by atoms with Crippen LogP contribution in [0.4, 0.5) is 10.1 Å². The summed E-state index contributed by atoms with van der Waals surface area (Å²) < 4.78 is 24.4. The van der Waals surface area contributed by atoms with E-state index in [1.165, 1.54) is 6.07 Å². The number of hydrogen-bond acceptors (Lipinski definition) is 3. The summed E-state index contributed by atoms with van der Waals surface area (Å²) in [5, 5.41) is 3.22. The van der Waals surface area contributed by atoms with Crippen molar-refractivity contribution < 1.29 is 13.9 Å². The third-order valence-electron chi connectivity index (χ3n) is 2.91. The normalized spacial score (nSPS) is 10.2. The summed E-state index contributed by atoms with van der Waals surface area (Å²) in [5.41, 5.74) is 1.62. The molecule has 0 spiro atoms. The van der Waals surface area contributed by atoms with Crippen LogP contribution >= 0.6 is 15.9 Å². The van der Waals surface area contributed by atoms with Gasteiger partial charge in [-0.25, -0.2) is 4.39 Å². The molecule has 5 heteroatoms. The van der Waals surface area contributed by atoms with Crippen molar-refractivity contribution in [2.75, 3.05) is 19.5 Å². The van der Waals surface area contributed by atoms with E-state index in [-0.39, 0.29) is 5.82 Å². The molecule has 0 bridgehead atoms. The zero-order chi connectivity index (χ0) is 14.5. The molecular weight excluding hydrogens is 325 g/mol. The quantitative estimate of drug-likeness (QED) is 0.884. The van der Waals surface area contributed by atoms with Crippen LogP contribution in [0, 0.1) is 5.82 Å². The Kier molecular flexibility index (Phi) is 4.84. The molecule has 3 nitrogen and oxygen atoms in total. The van der Waals surface area contributed by atoms with Crippen LogP contribution in [-0.2, 0) is 6.54 Å². The molecule has 0 aromatic heterocycles. The first-order valence-corrected chi connectivity index (χ1v) is 6.83. The van der Waals surface area contributed by atoms with Crippen molar-refractivity contribution in [3.8, 4) is 11.5 Å². The van der Waals surface area contributed by atoms with E-state index in [0.29, 0.717) is 16.8 Å². The van der Waals surface area contributed by atoms with E-state index in [1.807, 2.05) is 24.3 Å². The van der Waals surface area contributed by atoms with Gasteiger partial charge in [0.15, 0.2) is 0 Å². The largest absolute Gasteiger partial charge is 0.497 e. The molecule has 0 unspecified atom stereocenters. The van der Waals surface area contributed by atoms with Crippen LogP contribution in [0.1, 0.15) is 5.56 Å². The van der Waals surface area contributed by atoms with E-state index in [9.17, 15) is 4.39 Å². The van der Waals surface area contributed by atoms with Gasteiger partial charge >= 0.3 is 0 Å². The van der Waals surface area contributed by atoms with Gasteiger partial charge in [-0.1, -0.05) is 12.1 Å².